The first-order valence-electron chi connectivity index (χ1n) is 10.5. The molecule has 2 aromatic rings. The zero-order valence-electron chi connectivity index (χ0n) is 18.3. The molecular weight excluding hydrogens is 417 g/mol. The summed E-state index contributed by atoms with van der Waals surface area (Å²) in [6, 6.07) is 10.8. The van der Waals surface area contributed by atoms with E-state index in [9.17, 15) is 17.6 Å². The van der Waals surface area contributed by atoms with Gasteiger partial charge < -0.3 is 10.2 Å². The number of carbonyl (C=O) groups excluding carboxylic acids is 1. The fraction of sp³-hybridized carbons (Fsp3) is 0.435. The summed E-state index contributed by atoms with van der Waals surface area (Å²) in [7, 11) is 0.0783. The molecule has 0 bridgehead atoms. The standard InChI is InChI=1S/C23H30FN3O3S/c1-17-10-11-19(15-22(17)31(29,30)27-12-5-4-6-13-27)23(28)25-16-21(26(2)3)18-8-7-9-20(24)14-18/h7-11,14-15,21H,4-6,12-13,16H2,1-3H3,(H,25,28). The van der Waals surface area contributed by atoms with Crippen LogP contribution in [0.3, 0.4) is 0 Å². The lowest BCUT2D eigenvalue weighted by molar-refractivity contribution is 0.0941. The van der Waals surface area contributed by atoms with E-state index in [-0.39, 0.29) is 34.8 Å². The number of hydrogen-bond donors (Lipinski definition) is 1. The maximum Gasteiger partial charge on any atom is 0.251 e. The van der Waals surface area contributed by atoms with E-state index < -0.39 is 10.0 Å². The third-order valence-electron chi connectivity index (χ3n) is 5.70. The molecule has 168 valence electrons. The van der Waals surface area contributed by atoms with Gasteiger partial charge in [-0.05, 0) is 69.3 Å². The summed E-state index contributed by atoms with van der Waals surface area (Å²) >= 11 is 0. The Hall–Kier alpha value is -2.29. The van der Waals surface area contributed by atoms with E-state index in [0.717, 1.165) is 24.8 Å². The minimum atomic E-state index is -3.64. The van der Waals surface area contributed by atoms with Gasteiger partial charge in [0.1, 0.15) is 5.82 Å². The lowest BCUT2D eigenvalue weighted by Gasteiger charge is -2.27. The van der Waals surface area contributed by atoms with Gasteiger partial charge in [0.2, 0.25) is 10.0 Å². The van der Waals surface area contributed by atoms with Gasteiger partial charge in [0.15, 0.2) is 0 Å². The molecule has 0 aromatic heterocycles. The van der Waals surface area contributed by atoms with Crippen LogP contribution in [0.15, 0.2) is 47.4 Å². The molecule has 1 aliphatic rings. The van der Waals surface area contributed by atoms with Gasteiger partial charge in [-0.2, -0.15) is 4.31 Å². The van der Waals surface area contributed by atoms with Gasteiger partial charge in [0, 0.05) is 25.2 Å². The van der Waals surface area contributed by atoms with Gasteiger partial charge >= 0.3 is 0 Å². The number of carbonyl (C=O) groups is 1. The minimum absolute atomic E-state index is 0.177. The Balaban J connectivity index is 1.78. The zero-order valence-corrected chi connectivity index (χ0v) is 19.1. The highest BCUT2D eigenvalue weighted by atomic mass is 32.2. The van der Waals surface area contributed by atoms with Crippen LogP contribution in [0.5, 0.6) is 0 Å². The van der Waals surface area contributed by atoms with Crippen LogP contribution in [0.1, 0.15) is 46.8 Å². The van der Waals surface area contributed by atoms with Crippen molar-refractivity contribution in [1.82, 2.24) is 14.5 Å². The van der Waals surface area contributed by atoms with Crippen LogP contribution in [-0.2, 0) is 10.0 Å². The molecule has 1 atom stereocenters. The lowest BCUT2D eigenvalue weighted by Crippen LogP contribution is -2.36. The predicted molar refractivity (Wildman–Crippen MR) is 119 cm³/mol. The molecule has 0 radical (unpaired) electrons. The normalized spacial score (nSPS) is 16.3. The van der Waals surface area contributed by atoms with E-state index in [4.69, 9.17) is 0 Å². The Morgan fingerprint density at radius 3 is 2.48 bits per heavy atom. The molecule has 1 fully saturated rings. The zero-order chi connectivity index (χ0) is 22.6. The molecule has 0 spiro atoms. The summed E-state index contributed by atoms with van der Waals surface area (Å²) < 4.78 is 41.4. The van der Waals surface area contributed by atoms with Gasteiger partial charge in [-0.15, -0.1) is 0 Å². The van der Waals surface area contributed by atoms with E-state index in [1.165, 1.54) is 22.5 Å². The fourth-order valence-electron chi connectivity index (χ4n) is 3.87. The number of sulfonamides is 1. The number of likely N-dealkylation sites (N-methyl/N-ethyl adjacent to an activating group) is 1. The molecule has 31 heavy (non-hydrogen) atoms. The van der Waals surface area contributed by atoms with Crippen molar-refractivity contribution in [2.45, 2.75) is 37.1 Å². The molecule has 1 N–H and O–H groups in total. The number of rotatable bonds is 7. The summed E-state index contributed by atoms with van der Waals surface area (Å²) in [5.74, 6) is -0.694. The van der Waals surface area contributed by atoms with Crippen molar-refractivity contribution in [2.24, 2.45) is 0 Å². The molecule has 1 heterocycles. The van der Waals surface area contributed by atoms with E-state index in [1.54, 1.807) is 25.1 Å². The number of aryl methyl sites for hydroxylation is 1. The van der Waals surface area contributed by atoms with Crippen LogP contribution in [0.4, 0.5) is 4.39 Å². The van der Waals surface area contributed by atoms with Crippen molar-refractivity contribution in [3.8, 4) is 0 Å². The third-order valence-corrected chi connectivity index (χ3v) is 7.74. The SMILES string of the molecule is Cc1ccc(C(=O)NCC(c2cccc(F)c2)N(C)C)cc1S(=O)(=O)N1CCCCC1. The van der Waals surface area contributed by atoms with Gasteiger partial charge in [-0.3, -0.25) is 4.79 Å². The highest BCUT2D eigenvalue weighted by Crippen LogP contribution is 2.25. The van der Waals surface area contributed by atoms with E-state index in [1.807, 2.05) is 25.1 Å². The maximum absolute atomic E-state index is 13.6. The minimum Gasteiger partial charge on any atom is -0.350 e. The third kappa shape index (κ3) is 5.50. The molecule has 6 nitrogen and oxygen atoms in total. The summed E-state index contributed by atoms with van der Waals surface area (Å²) in [5.41, 5.74) is 1.66. The molecule has 2 aromatic carbocycles. The summed E-state index contributed by atoms with van der Waals surface area (Å²) in [6.45, 7) is 3.02. The molecule has 1 unspecified atom stereocenters. The summed E-state index contributed by atoms with van der Waals surface area (Å²) in [5, 5.41) is 2.86. The number of halogens is 1. The van der Waals surface area contributed by atoms with E-state index >= 15 is 0 Å². The Morgan fingerprint density at radius 2 is 1.84 bits per heavy atom. The smallest absolute Gasteiger partial charge is 0.251 e. The molecule has 1 aliphatic heterocycles. The van der Waals surface area contributed by atoms with Crippen molar-refractivity contribution in [2.75, 3.05) is 33.7 Å². The first-order chi connectivity index (χ1) is 14.7. The Morgan fingerprint density at radius 1 is 1.13 bits per heavy atom. The summed E-state index contributed by atoms with van der Waals surface area (Å²) in [6.07, 6.45) is 2.74. The first-order valence-corrected chi connectivity index (χ1v) is 11.9. The largest absolute Gasteiger partial charge is 0.350 e. The van der Waals surface area contributed by atoms with Gasteiger partial charge in [0.25, 0.3) is 5.91 Å². The van der Waals surface area contributed by atoms with E-state index in [0.29, 0.717) is 18.7 Å². The quantitative estimate of drug-likeness (QED) is 0.707. The lowest BCUT2D eigenvalue weighted by atomic mass is 10.1. The van der Waals surface area contributed by atoms with Crippen LogP contribution in [0, 0.1) is 12.7 Å². The molecule has 0 aliphatic carbocycles. The van der Waals surface area contributed by atoms with E-state index in [2.05, 4.69) is 5.32 Å². The molecule has 1 amide bonds. The number of piperidine rings is 1. The molecule has 8 heteroatoms. The number of hydrogen-bond acceptors (Lipinski definition) is 4. The topological polar surface area (TPSA) is 69.7 Å². The van der Waals surface area contributed by atoms with Crippen LogP contribution in [0.25, 0.3) is 0 Å². The highest BCUT2D eigenvalue weighted by molar-refractivity contribution is 7.89. The predicted octanol–water partition coefficient (Wildman–Crippen LogP) is 3.34. The number of amides is 1. The molecular formula is C23H30FN3O3S. The van der Waals surface area contributed by atoms with Crippen molar-refractivity contribution in [3.63, 3.8) is 0 Å². The van der Waals surface area contributed by atoms with Crippen LogP contribution >= 0.6 is 0 Å². The van der Waals surface area contributed by atoms with Crippen molar-refractivity contribution >= 4 is 15.9 Å². The van der Waals surface area contributed by atoms with Gasteiger partial charge in [0.05, 0.1) is 10.9 Å². The molecule has 3 rings (SSSR count). The second-order valence-corrected chi connectivity index (χ2v) is 10.1. The number of benzene rings is 2. The monoisotopic (exact) mass is 447 g/mol. The van der Waals surface area contributed by atoms with Crippen molar-refractivity contribution in [3.05, 3.63) is 65.0 Å². The van der Waals surface area contributed by atoms with Crippen LogP contribution in [-0.4, -0.2) is 57.3 Å². The molecule has 1 saturated heterocycles. The van der Waals surface area contributed by atoms with Crippen LogP contribution in [0.2, 0.25) is 0 Å². The summed E-state index contributed by atoms with van der Waals surface area (Å²) in [4.78, 5) is 14.9. The second kappa shape index (κ2) is 9.89. The number of nitrogens with zero attached hydrogens (tertiary/aromatic N) is 2. The van der Waals surface area contributed by atoms with Gasteiger partial charge in [-0.25, -0.2) is 12.8 Å². The Labute approximate surface area is 184 Å². The average Bonchev–Trinajstić information content (AvgIpc) is 2.74. The Kier molecular flexibility index (Phi) is 7.46. The average molecular weight is 448 g/mol. The molecule has 0 saturated carbocycles. The Bertz CT molecular complexity index is 1030. The maximum atomic E-state index is 13.6. The van der Waals surface area contributed by atoms with Crippen LogP contribution < -0.4 is 5.32 Å². The number of nitrogens with one attached hydrogen (secondary N) is 1. The van der Waals surface area contributed by atoms with Gasteiger partial charge in [-0.1, -0.05) is 24.6 Å². The fourth-order valence-corrected chi connectivity index (χ4v) is 5.64. The van der Waals surface area contributed by atoms with Crippen molar-refractivity contribution in [1.29, 1.82) is 0 Å². The highest BCUT2D eigenvalue weighted by Gasteiger charge is 2.28. The van der Waals surface area contributed by atoms with Crippen molar-refractivity contribution < 1.29 is 17.6 Å². The second-order valence-electron chi connectivity index (χ2n) is 8.19. The first kappa shape index (κ1) is 23.4.